The number of piperidine rings is 1. The van der Waals surface area contributed by atoms with Gasteiger partial charge in [-0.05, 0) is 57.4 Å². The predicted molar refractivity (Wildman–Crippen MR) is 144 cm³/mol. The average Bonchev–Trinajstić information content (AvgIpc) is 2.91. The fourth-order valence-corrected chi connectivity index (χ4v) is 5.25. The molecule has 1 saturated heterocycles. The smallest absolute Gasteiger partial charge is 0.391 e. The first-order chi connectivity index (χ1) is 18.7. The molecule has 0 aromatic heterocycles. The lowest BCUT2D eigenvalue weighted by Gasteiger charge is -2.43. The number of aliphatic hydroxyl groups is 1. The number of hydrogen-bond donors (Lipinski definition) is 3. The van der Waals surface area contributed by atoms with E-state index >= 15 is 0 Å². The zero-order chi connectivity index (χ0) is 28.3. The molecule has 2 aromatic carbocycles. The summed E-state index contributed by atoms with van der Waals surface area (Å²) in [6.45, 7) is 1.17. The van der Waals surface area contributed by atoms with Crippen LogP contribution in [0.1, 0.15) is 44.1 Å². The highest BCUT2D eigenvalue weighted by Crippen LogP contribution is 2.44. The highest BCUT2D eigenvalue weighted by Gasteiger charge is 2.43. The van der Waals surface area contributed by atoms with Gasteiger partial charge in [-0.25, -0.2) is 4.79 Å². The third-order valence-electron chi connectivity index (χ3n) is 7.12. The van der Waals surface area contributed by atoms with Crippen LogP contribution in [0.25, 0.3) is 0 Å². The number of benzene rings is 2. The summed E-state index contributed by atoms with van der Waals surface area (Å²) in [5.74, 6) is 0.820. The minimum Gasteiger partial charge on any atom is -0.457 e. The fraction of sp³-hybridized carbons (Fsp3) is 0.552. The number of likely N-dealkylation sites (tertiary alicyclic amines) is 1. The van der Waals surface area contributed by atoms with Crippen LogP contribution in [0.4, 0.5) is 18.0 Å². The molecule has 1 heterocycles. The second-order valence-electron chi connectivity index (χ2n) is 10.1. The third kappa shape index (κ3) is 9.12. The summed E-state index contributed by atoms with van der Waals surface area (Å²) in [5.41, 5.74) is -0.697. The largest absolute Gasteiger partial charge is 0.457 e. The summed E-state index contributed by atoms with van der Waals surface area (Å²) in [6.07, 6.45) is -2.39. The van der Waals surface area contributed by atoms with E-state index < -0.39 is 30.3 Å². The summed E-state index contributed by atoms with van der Waals surface area (Å²) in [4.78, 5) is 14.6. The first-order valence-electron chi connectivity index (χ1n) is 13.5. The maximum absolute atomic E-state index is 13.1. The number of likely N-dealkylation sites (N-methyl/N-ethyl adjacent to an activating group) is 1. The summed E-state index contributed by atoms with van der Waals surface area (Å²) in [7, 11) is 3.18. The Labute approximate surface area is 228 Å². The third-order valence-corrected chi connectivity index (χ3v) is 7.12. The number of hydrogen-bond acceptors (Lipinski definition) is 5. The van der Waals surface area contributed by atoms with Crippen molar-refractivity contribution in [1.82, 2.24) is 15.5 Å². The number of para-hydroxylation sites is 2. The molecule has 0 aliphatic carbocycles. The van der Waals surface area contributed by atoms with Crippen molar-refractivity contribution >= 4 is 6.03 Å². The van der Waals surface area contributed by atoms with Crippen molar-refractivity contribution in [3.63, 3.8) is 0 Å². The number of nitrogens with one attached hydrogen (secondary N) is 2. The van der Waals surface area contributed by atoms with E-state index in [0.29, 0.717) is 55.9 Å². The van der Waals surface area contributed by atoms with Gasteiger partial charge in [-0.15, -0.1) is 0 Å². The standard InChI is InChI=1S/C29H40F3N3O4/c1-33-20-23(19-29(30,31)32)34-27(36)35-17-10-11-22(21-35)28(37,16-8-9-18-38-2)25-14-6-7-15-26(25)39-24-12-4-3-5-13-24/h3-7,12-15,22-23,33,37H,8-11,16-21H2,1-2H3,(H,34,36). The lowest BCUT2D eigenvalue weighted by molar-refractivity contribution is -0.139. The SMILES string of the molecule is CNCC(CC(F)(F)F)NC(=O)N1CCCC(C(O)(CCCCOC)c2ccccc2Oc2ccccc2)C1. The van der Waals surface area contributed by atoms with Gasteiger partial charge >= 0.3 is 12.2 Å². The van der Waals surface area contributed by atoms with Crippen LogP contribution in [0, 0.1) is 5.92 Å². The molecule has 0 saturated carbocycles. The number of halogens is 3. The van der Waals surface area contributed by atoms with Crippen LogP contribution in [0.5, 0.6) is 11.5 Å². The quantitative estimate of drug-likeness (QED) is 0.289. The zero-order valence-corrected chi connectivity index (χ0v) is 22.7. The number of unbranched alkanes of at least 4 members (excludes halogenated alkanes) is 1. The van der Waals surface area contributed by atoms with Crippen LogP contribution in [0.2, 0.25) is 0 Å². The molecule has 1 fully saturated rings. The molecule has 10 heteroatoms. The Balaban J connectivity index is 1.84. The number of amides is 2. The van der Waals surface area contributed by atoms with Crippen molar-refractivity contribution < 1.29 is 32.5 Å². The Morgan fingerprint density at radius 3 is 2.54 bits per heavy atom. The van der Waals surface area contributed by atoms with Crippen LogP contribution in [0.3, 0.4) is 0 Å². The molecule has 2 amide bonds. The van der Waals surface area contributed by atoms with E-state index in [0.717, 1.165) is 6.42 Å². The Morgan fingerprint density at radius 2 is 1.85 bits per heavy atom. The minimum atomic E-state index is -4.40. The topological polar surface area (TPSA) is 83.1 Å². The van der Waals surface area contributed by atoms with E-state index in [1.165, 1.54) is 4.90 Å². The number of rotatable bonds is 13. The predicted octanol–water partition coefficient (Wildman–Crippen LogP) is 5.45. The molecule has 216 valence electrons. The maximum atomic E-state index is 13.1. The summed E-state index contributed by atoms with van der Waals surface area (Å²) >= 11 is 0. The van der Waals surface area contributed by atoms with Crippen molar-refractivity contribution in [2.24, 2.45) is 5.92 Å². The molecule has 3 N–H and O–H groups in total. The molecule has 1 aliphatic heterocycles. The van der Waals surface area contributed by atoms with Gasteiger partial charge in [-0.3, -0.25) is 0 Å². The molecule has 39 heavy (non-hydrogen) atoms. The number of alkyl halides is 3. The van der Waals surface area contributed by atoms with Crippen molar-refractivity contribution in [3.8, 4) is 11.5 Å². The van der Waals surface area contributed by atoms with Crippen molar-refractivity contribution in [3.05, 3.63) is 60.2 Å². The number of nitrogens with zero attached hydrogens (tertiary/aromatic N) is 1. The van der Waals surface area contributed by atoms with Crippen molar-refractivity contribution in [2.45, 2.75) is 56.3 Å². The molecule has 7 nitrogen and oxygen atoms in total. The van der Waals surface area contributed by atoms with Crippen LogP contribution in [-0.4, -0.2) is 68.7 Å². The first-order valence-corrected chi connectivity index (χ1v) is 13.5. The van der Waals surface area contributed by atoms with Crippen LogP contribution < -0.4 is 15.4 Å². The number of methoxy groups -OCH3 is 1. The summed E-state index contributed by atoms with van der Waals surface area (Å²) in [6, 6.07) is 15.0. The van der Waals surface area contributed by atoms with E-state index in [1.54, 1.807) is 14.2 Å². The molecular weight excluding hydrogens is 511 g/mol. The van der Waals surface area contributed by atoms with Gasteiger partial charge in [0.15, 0.2) is 0 Å². The Bertz CT molecular complexity index is 1020. The molecule has 3 rings (SSSR count). The molecule has 0 radical (unpaired) electrons. The van der Waals surface area contributed by atoms with Gasteiger partial charge in [0.1, 0.15) is 11.5 Å². The second kappa shape index (κ2) is 14.5. The summed E-state index contributed by atoms with van der Waals surface area (Å²) in [5, 5.41) is 17.6. The van der Waals surface area contributed by atoms with Gasteiger partial charge < -0.3 is 30.1 Å². The lowest BCUT2D eigenvalue weighted by Crippen LogP contribution is -2.54. The van der Waals surface area contributed by atoms with E-state index in [9.17, 15) is 23.1 Å². The molecule has 0 spiro atoms. The highest BCUT2D eigenvalue weighted by molar-refractivity contribution is 5.74. The normalized spacial score (nSPS) is 18.3. The maximum Gasteiger partial charge on any atom is 0.391 e. The number of urea groups is 1. The Hall–Kier alpha value is -2.82. The fourth-order valence-electron chi connectivity index (χ4n) is 5.25. The van der Waals surface area contributed by atoms with Gasteiger partial charge in [0.05, 0.1) is 18.1 Å². The second-order valence-corrected chi connectivity index (χ2v) is 10.1. The molecule has 3 atom stereocenters. The van der Waals surface area contributed by atoms with E-state index in [-0.39, 0.29) is 19.0 Å². The number of ether oxygens (including phenoxy) is 2. The van der Waals surface area contributed by atoms with Gasteiger partial charge in [0.2, 0.25) is 0 Å². The first kappa shape index (κ1) is 30.7. The molecule has 2 aromatic rings. The van der Waals surface area contributed by atoms with Gasteiger partial charge in [0.25, 0.3) is 0 Å². The van der Waals surface area contributed by atoms with Gasteiger partial charge in [-0.1, -0.05) is 36.4 Å². The monoisotopic (exact) mass is 551 g/mol. The van der Waals surface area contributed by atoms with Crippen LogP contribution in [-0.2, 0) is 10.3 Å². The average molecular weight is 552 g/mol. The van der Waals surface area contributed by atoms with Crippen molar-refractivity contribution in [2.75, 3.05) is 40.4 Å². The van der Waals surface area contributed by atoms with E-state index in [1.807, 2.05) is 54.6 Å². The zero-order valence-electron chi connectivity index (χ0n) is 22.7. The summed E-state index contributed by atoms with van der Waals surface area (Å²) < 4.78 is 50.5. The molecule has 3 unspecified atom stereocenters. The van der Waals surface area contributed by atoms with E-state index in [4.69, 9.17) is 9.47 Å². The van der Waals surface area contributed by atoms with E-state index in [2.05, 4.69) is 10.6 Å². The van der Waals surface area contributed by atoms with Crippen LogP contribution in [0.15, 0.2) is 54.6 Å². The number of carbonyl (C=O) groups is 1. The Kier molecular flexibility index (Phi) is 11.4. The molecule has 1 aliphatic rings. The van der Waals surface area contributed by atoms with Gasteiger partial charge in [0, 0.05) is 44.8 Å². The molecular formula is C29H40F3N3O4. The van der Waals surface area contributed by atoms with Crippen molar-refractivity contribution in [1.29, 1.82) is 0 Å². The highest BCUT2D eigenvalue weighted by atomic mass is 19.4. The van der Waals surface area contributed by atoms with Crippen LogP contribution >= 0.6 is 0 Å². The minimum absolute atomic E-state index is 0.00381. The van der Waals surface area contributed by atoms with Gasteiger partial charge in [-0.2, -0.15) is 13.2 Å². The Morgan fingerprint density at radius 1 is 1.13 bits per heavy atom. The number of carbonyl (C=O) groups excluding carboxylic acids is 1. The lowest BCUT2D eigenvalue weighted by atomic mass is 9.73. The molecule has 0 bridgehead atoms.